The Kier molecular flexibility index (Phi) is 4.82. The van der Waals surface area contributed by atoms with Crippen LogP contribution < -0.4 is 0 Å². The van der Waals surface area contributed by atoms with Crippen molar-refractivity contribution in [3.8, 4) is 0 Å². The van der Waals surface area contributed by atoms with Crippen LogP contribution in [-0.4, -0.2) is 23.4 Å². The van der Waals surface area contributed by atoms with E-state index in [1.807, 2.05) is 84.6 Å². The van der Waals surface area contributed by atoms with E-state index in [2.05, 4.69) is 0 Å². The molecule has 0 saturated heterocycles. The molecule has 0 bridgehead atoms. The van der Waals surface area contributed by atoms with Crippen molar-refractivity contribution in [2.24, 2.45) is 0 Å². The van der Waals surface area contributed by atoms with Crippen molar-refractivity contribution in [2.75, 3.05) is 6.61 Å². The van der Waals surface area contributed by atoms with E-state index in [0.717, 1.165) is 22.3 Å². The molecular weight excluding hydrogens is 410 g/mol. The van der Waals surface area contributed by atoms with Crippen molar-refractivity contribution < 1.29 is 14.3 Å². The fourth-order valence-corrected chi connectivity index (χ4v) is 5.36. The zero-order valence-electron chi connectivity index (χ0n) is 17.2. The highest BCUT2D eigenvalue weighted by molar-refractivity contribution is 6.30. The molecule has 0 radical (unpaired) electrons. The number of nitrogens with zero attached hydrogens (tertiary/aromatic N) is 1. The summed E-state index contributed by atoms with van der Waals surface area (Å²) in [7, 11) is 0. The minimum absolute atomic E-state index is 0.0767. The summed E-state index contributed by atoms with van der Waals surface area (Å²) < 4.78 is 5.63. The summed E-state index contributed by atoms with van der Waals surface area (Å²) in [6.07, 6.45) is 0.446. The van der Waals surface area contributed by atoms with Gasteiger partial charge in [-0.05, 0) is 53.8 Å². The maximum atomic E-state index is 13.7. The Balaban J connectivity index is 1.76. The van der Waals surface area contributed by atoms with Gasteiger partial charge in [-0.15, -0.1) is 0 Å². The van der Waals surface area contributed by atoms with Crippen LogP contribution in [0.3, 0.4) is 0 Å². The van der Waals surface area contributed by atoms with Gasteiger partial charge in [-0.2, -0.15) is 0 Å². The molecule has 0 saturated carbocycles. The summed E-state index contributed by atoms with van der Waals surface area (Å²) in [6.45, 7) is 2.49. The predicted octanol–water partition coefficient (Wildman–Crippen LogP) is 5.09. The highest BCUT2D eigenvalue weighted by Crippen LogP contribution is 2.56. The molecular formula is C26H22ClNO3. The van der Waals surface area contributed by atoms with E-state index >= 15 is 0 Å². The van der Waals surface area contributed by atoms with Crippen molar-refractivity contribution in [1.82, 2.24) is 4.90 Å². The molecule has 1 aliphatic carbocycles. The Morgan fingerprint density at radius 3 is 2.61 bits per heavy atom. The number of hydrogen-bond donors (Lipinski definition) is 0. The number of fused-ring (bicyclic) bond motifs is 5. The second-order valence-electron chi connectivity index (χ2n) is 8.08. The number of carbonyl (C=O) groups is 2. The third-order valence-corrected chi connectivity index (χ3v) is 6.62. The summed E-state index contributed by atoms with van der Waals surface area (Å²) in [4.78, 5) is 29.2. The number of rotatable bonds is 4. The minimum Gasteiger partial charge on any atom is -0.465 e. The Bertz CT molecular complexity index is 1180. The van der Waals surface area contributed by atoms with Crippen molar-refractivity contribution in [3.05, 3.63) is 106 Å². The number of carbonyl (C=O) groups excluding carboxylic acids is 2. The predicted molar refractivity (Wildman–Crippen MR) is 119 cm³/mol. The van der Waals surface area contributed by atoms with Gasteiger partial charge in [0.2, 0.25) is 0 Å². The average Bonchev–Trinajstić information content (AvgIpc) is 3.13. The van der Waals surface area contributed by atoms with Crippen LogP contribution in [0.1, 0.15) is 45.6 Å². The molecule has 3 aromatic rings. The summed E-state index contributed by atoms with van der Waals surface area (Å²) >= 11 is 6.31. The Morgan fingerprint density at radius 1 is 1.10 bits per heavy atom. The first-order valence-electron chi connectivity index (χ1n) is 10.5. The van der Waals surface area contributed by atoms with E-state index < -0.39 is 11.5 Å². The fraction of sp³-hybridized carbons (Fsp3) is 0.231. The van der Waals surface area contributed by atoms with Crippen LogP contribution in [0, 0.1) is 0 Å². The number of benzene rings is 3. The molecule has 0 fully saturated rings. The van der Waals surface area contributed by atoms with Crippen LogP contribution in [0.4, 0.5) is 0 Å². The van der Waals surface area contributed by atoms with E-state index in [1.54, 1.807) is 0 Å². The quantitative estimate of drug-likeness (QED) is 0.540. The van der Waals surface area contributed by atoms with E-state index in [-0.39, 0.29) is 18.5 Å². The number of ether oxygens (including phenoxy) is 1. The van der Waals surface area contributed by atoms with Gasteiger partial charge in [-0.3, -0.25) is 9.59 Å². The third kappa shape index (κ3) is 2.97. The Labute approximate surface area is 186 Å². The van der Waals surface area contributed by atoms with Crippen molar-refractivity contribution in [1.29, 1.82) is 0 Å². The molecule has 0 N–H and O–H groups in total. The first-order chi connectivity index (χ1) is 15.1. The number of amides is 1. The first kappa shape index (κ1) is 19.8. The van der Waals surface area contributed by atoms with Crippen LogP contribution in [0.2, 0.25) is 5.02 Å². The van der Waals surface area contributed by atoms with E-state index in [4.69, 9.17) is 16.3 Å². The molecule has 156 valence electrons. The molecule has 5 rings (SSSR count). The van der Waals surface area contributed by atoms with Gasteiger partial charge in [0.15, 0.2) is 0 Å². The van der Waals surface area contributed by atoms with Crippen LogP contribution in [0.15, 0.2) is 72.8 Å². The van der Waals surface area contributed by atoms with E-state index in [0.29, 0.717) is 23.6 Å². The lowest BCUT2D eigenvalue weighted by molar-refractivity contribution is -0.153. The molecule has 4 nitrogen and oxygen atoms in total. The second kappa shape index (κ2) is 7.54. The fourth-order valence-electron chi connectivity index (χ4n) is 5.16. The number of esters is 1. The molecule has 2 aliphatic rings. The largest absolute Gasteiger partial charge is 0.465 e. The second-order valence-corrected chi connectivity index (χ2v) is 8.51. The average molecular weight is 432 g/mol. The van der Waals surface area contributed by atoms with Crippen LogP contribution in [-0.2, 0) is 27.9 Å². The Morgan fingerprint density at radius 2 is 1.84 bits per heavy atom. The van der Waals surface area contributed by atoms with Crippen molar-refractivity contribution in [2.45, 2.75) is 31.3 Å². The minimum atomic E-state index is -0.998. The lowest BCUT2D eigenvalue weighted by Crippen LogP contribution is -2.54. The van der Waals surface area contributed by atoms with Gasteiger partial charge in [0, 0.05) is 17.1 Å². The molecule has 1 unspecified atom stereocenters. The third-order valence-electron chi connectivity index (χ3n) is 6.38. The Hall–Kier alpha value is -3.11. The molecule has 1 amide bonds. The lowest BCUT2D eigenvalue weighted by Gasteiger charge is -2.45. The standard InChI is InChI=1S/C26H22ClNO3/c1-2-31-25(30)26-15-18-14-19(27)12-13-20(18)23(26)28(16-17-8-4-3-5-9-17)24(29)21-10-6-7-11-22(21)26/h3-14,23H,2,15-16H2,1H3/t23?,26-/m0/s1. The topological polar surface area (TPSA) is 46.6 Å². The van der Waals surface area contributed by atoms with Crippen LogP contribution in [0.25, 0.3) is 0 Å². The van der Waals surface area contributed by atoms with Gasteiger partial charge in [0.05, 0.1) is 12.6 Å². The van der Waals surface area contributed by atoms with Crippen molar-refractivity contribution in [3.63, 3.8) is 0 Å². The molecule has 0 aromatic heterocycles. The highest BCUT2D eigenvalue weighted by Gasteiger charge is 2.61. The van der Waals surface area contributed by atoms with E-state index in [9.17, 15) is 9.59 Å². The maximum absolute atomic E-state index is 13.7. The molecule has 1 heterocycles. The van der Waals surface area contributed by atoms with Crippen LogP contribution >= 0.6 is 11.6 Å². The normalized spacial score (nSPS) is 21.3. The molecule has 3 aromatic carbocycles. The highest BCUT2D eigenvalue weighted by atomic mass is 35.5. The van der Waals surface area contributed by atoms with Gasteiger partial charge in [-0.25, -0.2) is 0 Å². The summed E-state index contributed by atoms with van der Waals surface area (Å²) in [5.41, 5.74) is 3.24. The first-order valence-corrected chi connectivity index (χ1v) is 10.8. The number of hydrogen-bond acceptors (Lipinski definition) is 3. The molecule has 31 heavy (non-hydrogen) atoms. The van der Waals surface area contributed by atoms with Crippen LogP contribution in [0.5, 0.6) is 0 Å². The molecule has 0 spiro atoms. The molecule has 1 aliphatic heterocycles. The summed E-state index contributed by atoms with van der Waals surface area (Å²) in [5, 5.41) is 0.616. The molecule has 5 heteroatoms. The van der Waals surface area contributed by atoms with Gasteiger partial charge >= 0.3 is 5.97 Å². The lowest BCUT2D eigenvalue weighted by atomic mass is 9.69. The van der Waals surface area contributed by atoms with E-state index in [1.165, 1.54) is 0 Å². The zero-order chi connectivity index (χ0) is 21.6. The summed E-state index contributed by atoms with van der Waals surface area (Å²) in [5.74, 6) is -0.377. The van der Waals surface area contributed by atoms with Crippen molar-refractivity contribution >= 4 is 23.5 Å². The smallest absolute Gasteiger partial charge is 0.319 e. The zero-order valence-corrected chi connectivity index (χ0v) is 17.9. The maximum Gasteiger partial charge on any atom is 0.319 e. The van der Waals surface area contributed by atoms with Gasteiger partial charge in [0.25, 0.3) is 5.91 Å². The number of halogens is 1. The van der Waals surface area contributed by atoms with Gasteiger partial charge < -0.3 is 9.64 Å². The SMILES string of the molecule is CCOC(=O)[C@]12Cc3cc(Cl)ccc3C1N(Cc1ccccc1)C(=O)c1ccccc12. The van der Waals surface area contributed by atoms with Gasteiger partial charge in [-0.1, -0.05) is 66.2 Å². The monoisotopic (exact) mass is 431 g/mol. The molecule has 2 atom stereocenters. The van der Waals surface area contributed by atoms with Gasteiger partial charge in [0.1, 0.15) is 5.41 Å². The summed E-state index contributed by atoms with van der Waals surface area (Å²) in [6, 6.07) is 22.5.